The fourth-order valence-corrected chi connectivity index (χ4v) is 1.96. The van der Waals surface area contributed by atoms with Gasteiger partial charge in [0.2, 0.25) is 0 Å². The van der Waals surface area contributed by atoms with E-state index in [0.717, 1.165) is 31.5 Å². The molecular formula is C15H23F2N3S. The highest BCUT2D eigenvalue weighted by atomic mass is 32.1. The minimum Gasteiger partial charge on any atom is -0.389 e. The van der Waals surface area contributed by atoms with Crippen molar-refractivity contribution in [2.45, 2.75) is 32.7 Å². The summed E-state index contributed by atoms with van der Waals surface area (Å²) in [5.41, 5.74) is 5.45. The van der Waals surface area contributed by atoms with Gasteiger partial charge in [-0.15, -0.1) is 0 Å². The summed E-state index contributed by atoms with van der Waals surface area (Å²) in [6.45, 7) is 5.75. The van der Waals surface area contributed by atoms with Gasteiger partial charge in [0.1, 0.15) is 22.3 Å². The van der Waals surface area contributed by atoms with E-state index in [0.29, 0.717) is 12.6 Å². The monoisotopic (exact) mass is 315 g/mol. The molecule has 3 nitrogen and oxygen atoms in total. The van der Waals surface area contributed by atoms with Crippen molar-refractivity contribution in [3.63, 3.8) is 0 Å². The molecule has 0 heterocycles. The zero-order chi connectivity index (χ0) is 16.0. The summed E-state index contributed by atoms with van der Waals surface area (Å²) in [5, 5.41) is 2.80. The molecule has 0 aliphatic carbocycles. The Morgan fingerprint density at radius 3 is 2.33 bits per heavy atom. The zero-order valence-corrected chi connectivity index (χ0v) is 13.6. The number of nitrogens with zero attached hydrogens (tertiary/aromatic N) is 1. The van der Waals surface area contributed by atoms with Crippen molar-refractivity contribution in [2.24, 2.45) is 5.73 Å². The summed E-state index contributed by atoms with van der Waals surface area (Å²) in [6.07, 6.45) is 1.81. The third-order valence-electron chi connectivity index (χ3n) is 3.45. The third-order valence-corrected chi connectivity index (χ3v) is 3.68. The molecule has 0 amide bonds. The van der Waals surface area contributed by atoms with Gasteiger partial charge in [-0.1, -0.05) is 12.2 Å². The first kappa shape index (κ1) is 17.8. The van der Waals surface area contributed by atoms with E-state index in [1.165, 1.54) is 0 Å². The number of hydrogen-bond donors (Lipinski definition) is 2. The van der Waals surface area contributed by atoms with Crippen molar-refractivity contribution in [1.82, 2.24) is 4.90 Å². The Hall–Kier alpha value is -1.27. The molecule has 1 aromatic rings. The minimum atomic E-state index is -0.669. The fraction of sp³-hybridized carbons (Fsp3) is 0.533. The van der Waals surface area contributed by atoms with Crippen molar-refractivity contribution in [3.05, 3.63) is 29.3 Å². The van der Waals surface area contributed by atoms with E-state index in [1.54, 1.807) is 0 Å². The molecule has 6 heteroatoms. The molecule has 0 aliphatic rings. The van der Waals surface area contributed by atoms with Gasteiger partial charge in [0.25, 0.3) is 0 Å². The van der Waals surface area contributed by atoms with Gasteiger partial charge >= 0.3 is 0 Å². The van der Waals surface area contributed by atoms with Gasteiger partial charge in [0.05, 0.1) is 0 Å². The SMILES string of the molecule is CC(C)N(C)CCCCNc1c(F)cc(C(N)=S)cc1F. The molecule has 0 fully saturated rings. The summed E-state index contributed by atoms with van der Waals surface area (Å²) in [4.78, 5) is 2.22. The van der Waals surface area contributed by atoms with Crippen LogP contribution >= 0.6 is 12.2 Å². The summed E-state index contributed by atoms with van der Waals surface area (Å²) in [7, 11) is 2.06. The van der Waals surface area contributed by atoms with Crippen LogP contribution in [-0.4, -0.2) is 36.1 Å². The smallest absolute Gasteiger partial charge is 0.150 e. The molecule has 0 radical (unpaired) electrons. The van der Waals surface area contributed by atoms with E-state index in [9.17, 15) is 8.78 Å². The van der Waals surface area contributed by atoms with Gasteiger partial charge in [-0.3, -0.25) is 0 Å². The van der Waals surface area contributed by atoms with Gasteiger partial charge in [0.15, 0.2) is 0 Å². The highest BCUT2D eigenvalue weighted by molar-refractivity contribution is 7.80. The molecule has 1 rings (SSSR count). The van der Waals surface area contributed by atoms with Crippen LogP contribution in [0.3, 0.4) is 0 Å². The highest BCUT2D eigenvalue weighted by Crippen LogP contribution is 2.21. The topological polar surface area (TPSA) is 41.3 Å². The maximum atomic E-state index is 13.8. The number of nitrogens with one attached hydrogen (secondary N) is 1. The molecule has 0 aliphatic heterocycles. The first-order chi connectivity index (χ1) is 9.82. The molecule has 0 spiro atoms. The summed E-state index contributed by atoms with van der Waals surface area (Å²) < 4.78 is 27.6. The van der Waals surface area contributed by atoms with Crippen LogP contribution in [-0.2, 0) is 0 Å². The number of anilines is 1. The summed E-state index contributed by atoms with van der Waals surface area (Å²) in [5.74, 6) is -1.34. The number of hydrogen-bond acceptors (Lipinski definition) is 3. The average molecular weight is 315 g/mol. The van der Waals surface area contributed by atoms with Crippen molar-refractivity contribution < 1.29 is 8.78 Å². The summed E-state index contributed by atoms with van der Waals surface area (Å²) in [6, 6.07) is 2.81. The second-order valence-corrected chi connectivity index (χ2v) is 5.83. The van der Waals surface area contributed by atoms with Gasteiger partial charge in [-0.2, -0.15) is 0 Å². The van der Waals surface area contributed by atoms with Gasteiger partial charge in [0, 0.05) is 18.2 Å². The Morgan fingerprint density at radius 2 is 1.86 bits per heavy atom. The van der Waals surface area contributed by atoms with E-state index >= 15 is 0 Å². The van der Waals surface area contributed by atoms with Crippen LogP contribution in [0.5, 0.6) is 0 Å². The maximum Gasteiger partial charge on any atom is 0.150 e. The maximum absolute atomic E-state index is 13.8. The second-order valence-electron chi connectivity index (χ2n) is 5.39. The van der Waals surface area contributed by atoms with Crippen molar-refractivity contribution in [1.29, 1.82) is 0 Å². The molecule has 0 bridgehead atoms. The Morgan fingerprint density at radius 1 is 1.29 bits per heavy atom. The van der Waals surface area contributed by atoms with Crippen LogP contribution in [0.25, 0.3) is 0 Å². The Labute approximate surface area is 130 Å². The van der Waals surface area contributed by atoms with Gasteiger partial charge in [-0.05, 0) is 52.4 Å². The number of unbranched alkanes of at least 4 members (excludes halogenated alkanes) is 1. The predicted molar refractivity (Wildman–Crippen MR) is 87.7 cm³/mol. The Balaban J connectivity index is 2.48. The van der Waals surface area contributed by atoms with Gasteiger partial charge in [-0.25, -0.2) is 8.78 Å². The fourth-order valence-electron chi connectivity index (χ4n) is 1.84. The molecule has 0 saturated heterocycles. The lowest BCUT2D eigenvalue weighted by Gasteiger charge is -2.20. The van der Waals surface area contributed by atoms with Crippen LogP contribution in [0.15, 0.2) is 12.1 Å². The van der Waals surface area contributed by atoms with Crippen LogP contribution < -0.4 is 11.1 Å². The van der Waals surface area contributed by atoms with E-state index < -0.39 is 11.6 Å². The molecule has 118 valence electrons. The summed E-state index contributed by atoms with van der Waals surface area (Å²) >= 11 is 4.71. The third kappa shape index (κ3) is 5.55. The standard InChI is InChI=1S/C15H23F2N3S/c1-10(2)20(3)7-5-4-6-19-14-12(16)8-11(15(18)21)9-13(14)17/h8-10,19H,4-7H2,1-3H3,(H2,18,21). The van der Waals surface area contributed by atoms with Gasteiger partial charge < -0.3 is 16.0 Å². The number of thiocarbonyl (C=S) groups is 1. The molecule has 21 heavy (non-hydrogen) atoms. The van der Waals surface area contributed by atoms with Crippen LogP contribution in [0.2, 0.25) is 0 Å². The lowest BCUT2D eigenvalue weighted by molar-refractivity contribution is 0.269. The van der Waals surface area contributed by atoms with Crippen molar-refractivity contribution in [2.75, 3.05) is 25.5 Å². The van der Waals surface area contributed by atoms with E-state index in [2.05, 4.69) is 31.1 Å². The largest absolute Gasteiger partial charge is 0.389 e. The van der Waals surface area contributed by atoms with Crippen LogP contribution in [0.1, 0.15) is 32.3 Å². The van der Waals surface area contributed by atoms with E-state index in [4.69, 9.17) is 18.0 Å². The minimum absolute atomic E-state index is 0.0175. The average Bonchev–Trinajstić information content (AvgIpc) is 2.40. The second kappa shape index (κ2) is 8.24. The first-order valence-corrected chi connectivity index (χ1v) is 7.46. The molecule has 3 N–H and O–H groups in total. The highest BCUT2D eigenvalue weighted by Gasteiger charge is 2.12. The van der Waals surface area contributed by atoms with E-state index in [1.807, 2.05) is 0 Å². The molecule has 1 aromatic carbocycles. The normalized spacial score (nSPS) is 11.2. The van der Waals surface area contributed by atoms with E-state index in [-0.39, 0.29) is 16.2 Å². The Bertz CT molecular complexity index is 469. The number of halogens is 2. The lowest BCUT2D eigenvalue weighted by Crippen LogP contribution is -2.27. The quantitative estimate of drug-likeness (QED) is 0.571. The molecule has 0 saturated carbocycles. The molecule has 0 aromatic heterocycles. The van der Waals surface area contributed by atoms with Crippen LogP contribution in [0.4, 0.5) is 14.5 Å². The Kier molecular flexibility index (Phi) is 6.98. The number of benzene rings is 1. The van der Waals surface area contributed by atoms with Crippen LogP contribution in [0, 0.1) is 11.6 Å². The molecule has 0 unspecified atom stereocenters. The zero-order valence-electron chi connectivity index (χ0n) is 12.7. The predicted octanol–water partition coefficient (Wildman–Crippen LogP) is 3.13. The lowest BCUT2D eigenvalue weighted by atomic mass is 10.1. The first-order valence-electron chi connectivity index (χ1n) is 7.06. The molecular weight excluding hydrogens is 292 g/mol. The van der Waals surface area contributed by atoms with Crippen molar-refractivity contribution in [3.8, 4) is 0 Å². The molecule has 0 atom stereocenters. The number of rotatable bonds is 8. The number of nitrogens with two attached hydrogens (primary N) is 1. The van der Waals surface area contributed by atoms with Crippen molar-refractivity contribution >= 4 is 22.9 Å².